The van der Waals surface area contributed by atoms with E-state index in [0.29, 0.717) is 28.5 Å². The quantitative estimate of drug-likeness (QED) is 0.525. The van der Waals surface area contributed by atoms with Gasteiger partial charge in [-0.3, -0.25) is 0 Å². The molecule has 2 aliphatic carbocycles. The maximum atomic E-state index is 14.2. The molecule has 0 unspecified atom stereocenters. The Morgan fingerprint density at radius 1 is 1.06 bits per heavy atom. The topological polar surface area (TPSA) is 67.2 Å². The van der Waals surface area contributed by atoms with Crippen molar-refractivity contribution in [1.29, 1.82) is 0 Å². The molecule has 2 bridgehead atoms. The Labute approximate surface area is 206 Å². The van der Waals surface area contributed by atoms with Crippen molar-refractivity contribution in [1.82, 2.24) is 18.6 Å². The van der Waals surface area contributed by atoms with Crippen molar-refractivity contribution in [2.75, 3.05) is 13.1 Å². The van der Waals surface area contributed by atoms with E-state index in [0.717, 1.165) is 29.5 Å². The van der Waals surface area contributed by atoms with Gasteiger partial charge in [0.2, 0.25) is 0 Å². The van der Waals surface area contributed by atoms with Gasteiger partial charge in [0.05, 0.1) is 16.9 Å². The van der Waals surface area contributed by atoms with Crippen LogP contribution in [0, 0.1) is 17.7 Å². The molecule has 3 atom stereocenters. The van der Waals surface area contributed by atoms with Crippen LogP contribution >= 0.6 is 0 Å². The predicted octanol–water partition coefficient (Wildman–Crippen LogP) is 4.25. The van der Waals surface area contributed by atoms with E-state index in [1.54, 1.807) is 35.3 Å². The standard InChI is InChI=1S/C25H24F4N4O2S/c26-21-3-1-2-4-23(21)32-12-22(30-15-32)17-6-5-16-10-19-7-8-20(11-18(16)9-17)24(19)13-33(14-25(27,28)29)36(34,35)31-24/h1-6,9,12,15,19-20,31H,7-8,10-11,13-14H2/t19-,20+,24+/m0/s1. The van der Waals surface area contributed by atoms with Gasteiger partial charge in [-0.15, -0.1) is 0 Å². The van der Waals surface area contributed by atoms with Crippen molar-refractivity contribution < 1.29 is 26.0 Å². The first kappa shape index (κ1) is 23.6. The molecule has 3 aliphatic rings. The van der Waals surface area contributed by atoms with E-state index >= 15 is 0 Å². The van der Waals surface area contributed by atoms with Crippen LogP contribution in [0.15, 0.2) is 55.0 Å². The first-order valence-corrected chi connectivity index (χ1v) is 13.2. The monoisotopic (exact) mass is 520 g/mol. The zero-order valence-corrected chi connectivity index (χ0v) is 20.0. The number of hydrogen-bond acceptors (Lipinski definition) is 3. The molecular formula is C25H24F4N4O2S. The molecule has 6 nitrogen and oxygen atoms in total. The average Bonchev–Trinajstić information content (AvgIpc) is 3.43. The molecule has 190 valence electrons. The molecule has 6 rings (SSSR count). The van der Waals surface area contributed by atoms with Crippen molar-refractivity contribution >= 4 is 10.2 Å². The summed E-state index contributed by atoms with van der Waals surface area (Å²) in [6.07, 6.45) is 1.38. The van der Waals surface area contributed by atoms with Crippen LogP contribution < -0.4 is 4.72 Å². The Morgan fingerprint density at radius 3 is 2.50 bits per heavy atom. The lowest BCUT2D eigenvalue weighted by Gasteiger charge is -2.33. The zero-order valence-electron chi connectivity index (χ0n) is 19.2. The lowest BCUT2D eigenvalue weighted by Crippen LogP contribution is -2.52. The Bertz CT molecular complexity index is 1440. The SMILES string of the molecule is O=S1(=O)N[C@@]2(CN1CC(F)(F)F)[C@@H]1CC[C@H]2Cc2ccc(-c3cn(-c4ccccc4F)cn3)cc2C1. The fourth-order valence-electron chi connectivity index (χ4n) is 6.27. The molecule has 0 amide bonds. The summed E-state index contributed by atoms with van der Waals surface area (Å²) in [6.45, 7) is -1.65. The summed E-state index contributed by atoms with van der Waals surface area (Å²) in [6, 6.07) is 12.4. The maximum absolute atomic E-state index is 14.2. The fourth-order valence-corrected chi connectivity index (χ4v) is 7.98. The number of fused-ring (bicyclic) bond motifs is 1. The molecule has 1 saturated carbocycles. The van der Waals surface area contributed by atoms with Crippen LogP contribution in [0.5, 0.6) is 0 Å². The fraction of sp³-hybridized carbons (Fsp3) is 0.400. The van der Waals surface area contributed by atoms with E-state index in [4.69, 9.17) is 0 Å². The summed E-state index contributed by atoms with van der Waals surface area (Å²) in [7, 11) is -4.22. The third-order valence-corrected chi connectivity index (χ3v) is 9.50. The molecule has 0 radical (unpaired) electrons. The van der Waals surface area contributed by atoms with Crippen molar-refractivity contribution in [3.8, 4) is 16.9 Å². The number of para-hydroxylation sites is 1. The number of hydrogen-bond donors (Lipinski definition) is 1. The minimum Gasteiger partial charge on any atom is -0.303 e. The van der Waals surface area contributed by atoms with Crippen molar-refractivity contribution in [2.45, 2.75) is 37.4 Å². The van der Waals surface area contributed by atoms with Crippen LogP contribution in [-0.2, 0) is 23.1 Å². The number of imidazole rings is 1. The number of alkyl halides is 3. The van der Waals surface area contributed by atoms with Crippen LogP contribution in [0.4, 0.5) is 17.6 Å². The number of nitrogens with zero attached hydrogens (tertiary/aromatic N) is 3. The second-order valence-corrected chi connectivity index (χ2v) is 11.7. The molecule has 1 aromatic heterocycles. The minimum atomic E-state index is -4.60. The largest absolute Gasteiger partial charge is 0.402 e. The summed E-state index contributed by atoms with van der Waals surface area (Å²) in [5.41, 5.74) is 3.13. The van der Waals surface area contributed by atoms with Gasteiger partial charge in [0, 0.05) is 18.3 Å². The summed E-state index contributed by atoms with van der Waals surface area (Å²) in [5.74, 6) is -0.547. The van der Waals surface area contributed by atoms with Gasteiger partial charge in [0.1, 0.15) is 18.7 Å². The molecule has 1 spiro atoms. The van der Waals surface area contributed by atoms with E-state index in [-0.39, 0.29) is 24.2 Å². The molecule has 36 heavy (non-hydrogen) atoms. The Kier molecular flexibility index (Phi) is 5.33. The molecule has 11 heteroatoms. The number of nitrogens with one attached hydrogen (secondary N) is 1. The molecule has 2 heterocycles. The number of halogens is 4. The first-order valence-electron chi connectivity index (χ1n) is 11.8. The number of rotatable bonds is 3. The van der Waals surface area contributed by atoms with Gasteiger partial charge in [-0.25, -0.2) is 9.37 Å². The second-order valence-electron chi connectivity index (χ2n) is 10.0. The van der Waals surface area contributed by atoms with E-state index in [2.05, 4.69) is 9.71 Å². The van der Waals surface area contributed by atoms with Crippen molar-refractivity contribution in [3.05, 3.63) is 71.9 Å². The van der Waals surface area contributed by atoms with Gasteiger partial charge in [-0.1, -0.05) is 24.3 Å². The Morgan fingerprint density at radius 2 is 1.78 bits per heavy atom. The van der Waals surface area contributed by atoms with E-state index < -0.39 is 28.5 Å². The summed E-state index contributed by atoms with van der Waals surface area (Å²) >= 11 is 0. The smallest absolute Gasteiger partial charge is 0.303 e. The van der Waals surface area contributed by atoms with Crippen LogP contribution in [0.25, 0.3) is 16.9 Å². The molecule has 1 aliphatic heterocycles. The van der Waals surface area contributed by atoms with Gasteiger partial charge in [0.15, 0.2) is 0 Å². The highest BCUT2D eigenvalue weighted by Gasteiger charge is 2.60. The van der Waals surface area contributed by atoms with Crippen LogP contribution in [0.2, 0.25) is 0 Å². The molecule has 1 saturated heterocycles. The second kappa shape index (κ2) is 8.12. The number of benzene rings is 2. The van der Waals surface area contributed by atoms with Gasteiger partial charge >= 0.3 is 6.18 Å². The first-order chi connectivity index (χ1) is 17.0. The molecule has 2 fully saturated rings. The summed E-state index contributed by atoms with van der Waals surface area (Å²) in [5, 5.41) is 0. The third kappa shape index (κ3) is 3.93. The summed E-state index contributed by atoms with van der Waals surface area (Å²) < 4.78 is 83.7. The van der Waals surface area contributed by atoms with Crippen molar-refractivity contribution in [2.24, 2.45) is 11.8 Å². The van der Waals surface area contributed by atoms with Crippen molar-refractivity contribution in [3.63, 3.8) is 0 Å². The maximum Gasteiger partial charge on any atom is 0.402 e. The van der Waals surface area contributed by atoms with Gasteiger partial charge in [-0.2, -0.15) is 30.6 Å². The van der Waals surface area contributed by atoms with Gasteiger partial charge in [-0.05, 0) is 66.8 Å². The van der Waals surface area contributed by atoms with E-state index in [1.807, 2.05) is 18.2 Å². The van der Waals surface area contributed by atoms with Gasteiger partial charge < -0.3 is 4.57 Å². The highest BCUT2D eigenvalue weighted by Crippen LogP contribution is 2.50. The normalized spacial score (nSPS) is 27.3. The van der Waals surface area contributed by atoms with Crippen LogP contribution in [0.1, 0.15) is 24.0 Å². The zero-order chi connectivity index (χ0) is 25.3. The van der Waals surface area contributed by atoms with E-state index in [9.17, 15) is 26.0 Å². The molecule has 3 aromatic rings. The highest BCUT2D eigenvalue weighted by atomic mass is 32.2. The average molecular weight is 521 g/mol. The van der Waals surface area contributed by atoms with E-state index in [1.165, 1.54) is 6.07 Å². The summed E-state index contributed by atoms with van der Waals surface area (Å²) in [4.78, 5) is 4.45. The molecule has 2 aromatic carbocycles. The van der Waals surface area contributed by atoms with Gasteiger partial charge in [0.25, 0.3) is 10.2 Å². The van der Waals surface area contributed by atoms with Crippen LogP contribution in [0.3, 0.4) is 0 Å². The lowest BCUT2D eigenvalue weighted by atomic mass is 9.79. The molecular weight excluding hydrogens is 496 g/mol. The lowest BCUT2D eigenvalue weighted by molar-refractivity contribution is -0.136. The number of aromatic nitrogens is 2. The highest BCUT2D eigenvalue weighted by molar-refractivity contribution is 7.87. The predicted molar refractivity (Wildman–Crippen MR) is 125 cm³/mol. The Hall–Kier alpha value is -2.76. The Balaban J connectivity index is 1.30. The molecule has 1 N–H and O–H groups in total. The minimum absolute atomic E-state index is 0.0807. The third-order valence-electron chi connectivity index (χ3n) is 7.92. The van der Waals surface area contributed by atoms with Crippen LogP contribution in [-0.4, -0.2) is 47.1 Å².